The number of aliphatic hydroxyl groups is 1. The molecular weight excluding hydrogens is 220 g/mol. The average Bonchev–Trinajstić information content (AvgIpc) is 2.15. The summed E-state index contributed by atoms with van der Waals surface area (Å²) in [5, 5.41) is 34.3. The predicted octanol–water partition coefficient (Wildman–Crippen LogP) is 0.324. The average molecular weight is 232 g/mol. The summed E-state index contributed by atoms with van der Waals surface area (Å²) in [4.78, 5) is 31.9. The Balaban J connectivity index is 4.86. The van der Waals surface area contributed by atoms with Gasteiger partial charge in [0.2, 0.25) is 0 Å². The first kappa shape index (κ1) is 13.9. The van der Waals surface area contributed by atoms with Gasteiger partial charge in [0, 0.05) is 0 Å². The van der Waals surface area contributed by atoms with Crippen LogP contribution in [0.25, 0.3) is 0 Å². The van der Waals surface area contributed by atoms with Gasteiger partial charge in [-0.3, -0.25) is 14.4 Å². The maximum absolute atomic E-state index is 10.8. The summed E-state index contributed by atoms with van der Waals surface area (Å²) >= 11 is 0. The molecule has 0 saturated heterocycles. The van der Waals surface area contributed by atoms with Crippen molar-refractivity contribution in [2.75, 3.05) is 0 Å². The normalized spacial score (nSPS) is 14.5. The molecular formula is C9H12O7. The minimum Gasteiger partial charge on any atom is -0.516 e. The molecule has 0 amide bonds. The van der Waals surface area contributed by atoms with Crippen LogP contribution in [0.1, 0.15) is 12.8 Å². The highest BCUT2D eigenvalue weighted by Crippen LogP contribution is 2.21. The molecule has 7 nitrogen and oxygen atoms in total. The number of carboxylic acid groups (broad SMARTS) is 3. The molecule has 16 heavy (non-hydrogen) atoms. The van der Waals surface area contributed by atoms with Crippen molar-refractivity contribution in [3.63, 3.8) is 0 Å². The van der Waals surface area contributed by atoms with Crippen LogP contribution in [0, 0.1) is 11.8 Å². The summed E-state index contributed by atoms with van der Waals surface area (Å²) in [5.74, 6) is -7.18. The molecule has 0 aromatic heterocycles. The zero-order valence-electron chi connectivity index (χ0n) is 8.24. The van der Waals surface area contributed by atoms with Crippen molar-refractivity contribution >= 4 is 17.9 Å². The molecule has 0 aliphatic heterocycles. The molecule has 0 heterocycles. The third kappa shape index (κ3) is 4.45. The van der Waals surface area contributed by atoms with Crippen LogP contribution < -0.4 is 0 Å². The summed E-state index contributed by atoms with van der Waals surface area (Å²) < 4.78 is 0. The Hall–Kier alpha value is -2.05. The molecule has 0 spiro atoms. The quantitative estimate of drug-likeness (QED) is 0.464. The highest BCUT2D eigenvalue weighted by Gasteiger charge is 2.34. The highest BCUT2D eigenvalue weighted by molar-refractivity contribution is 5.83. The van der Waals surface area contributed by atoms with Crippen LogP contribution in [0.2, 0.25) is 0 Å². The minimum absolute atomic E-state index is 0.240. The smallest absolute Gasteiger partial charge is 0.307 e. The van der Waals surface area contributed by atoms with Gasteiger partial charge in [-0.25, -0.2) is 0 Å². The van der Waals surface area contributed by atoms with Gasteiger partial charge in [-0.15, -0.1) is 0 Å². The predicted molar refractivity (Wildman–Crippen MR) is 50.9 cm³/mol. The standard InChI is InChI=1S/C9H12O7/c10-3-1-2-5(8(13)14)6(9(15)16)4-7(11)12/h1,3,5-6,10H,2,4H2,(H,11,12)(H,13,14)(H,15,16). The Morgan fingerprint density at radius 3 is 1.81 bits per heavy atom. The zero-order valence-corrected chi connectivity index (χ0v) is 8.24. The van der Waals surface area contributed by atoms with E-state index < -0.39 is 36.2 Å². The van der Waals surface area contributed by atoms with Gasteiger partial charge in [0.25, 0.3) is 0 Å². The molecule has 0 saturated carbocycles. The second-order valence-corrected chi connectivity index (χ2v) is 3.11. The second kappa shape index (κ2) is 6.44. The van der Waals surface area contributed by atoms with Gasteiger partial charge in [-0.05, 0) is 12.5 Å². The van der Waals surface area contributed by atoms with Crippen molar-refractivity contribution in [1.29, 1.82) is 0 Å². The molecule has 0 radical (unpaired) electrons. The molecule has 0 rings (SSSR count). The number of aliphatic carboxylic acids is 3. The van der Waals surface area contributed by atoms with E-state index in [1.165, 1.54) is 0 Å². The van der Waals surface area contributed by atoms with Crippen LogP contribution in [-0.2, 0) is 14.4 Å². The van der Waals surface area contributed by atoms with Crippen molar-refractivity contribution in [3.05, 3.63) is 12.3 Å². The lowest BCUT2D eigenvalue weighted by Gasteiger charge is -2.16. The number of carbonyl (C=O) groups is 3. The molecule has 0 aromatic carbocycles. The van der Waals surface area contributed by atoms with Crippen LogP contribution in [0.15, 0.2) is 12.3 Å². The molecule has 7 heteroatoms. The van der Waals surface area contributed by atoms with Gasteiger partial charge in [-0.2, -0.15) is 0 Å². The van der Waals surface area contributed by atoms with E-state index in [1.54, 1.807) is 0 Å². The van der Waals surface area contributed by atoms with E-state index in [1.807, 2.05) is 0 Å². The molecule has 2 unspecified atom stereocenters. The Morgan fingerprint density at radius 1 is 1.00 bits per heavy atom. The zero-order chi connectivity index (χ0) is 12.7. The van der Waals surface area contributed by atoms with E-state index >= 15 is 0 Å². The van der Waals surface area contributed by atoms with E-state index in [4.69, 9.17) is 20.4 Å². The van der Waals surface area contributed by atoms with Crippen LogP contribution >= 0.6 is 0 Å². The fourth-order valence-electron chi connectivity index (χ4n) is 1.23. The Bertz CT molecular complexity index is 307. The van der Waals surface area contributed by atoms with Crippen molar-refractivity contribution < 1.29 is 34.8 Å². The largest absolute Gasteiger partial charge is 0.516 e. The van der Waals surface area contributed by atoms with Crippen molar-refractivity contribution in [2.45, 2.75) is 12.8 Å². The minimum atomic E-state index is -1.52. The molecule has 0 aliphatic carbocycles. The molecule has 4 N–H and O–H groups in total. The van der Waals surface area contributed by atoms with Gasteiger partial charge in [-0.1, -0.05) is 0 Å². The lowest BCUT2D eigenvalue weighted by atomic mass is 9.87. The molecule has 90 valence electrons. The van der Waals surface area contributed by atoms with Crippen molar-refractivity contribution in [3.8, 4) is 0 Å². The van der Waals surface area contributed by atoms with Gasteiger partial charge in [0.1, 0.15) is 0 Å². The van der Waals surface area contributed by atoms with E-state index in [0.29, 0.717) is 6.26 Å². The molecule has 0 bridgehead atoms. The van der Waals surface area contributed by atoms with Gasteiger partial charge in [0.05, 0.1) is 24.5 Å². The van der Waals surface area contributed by atoms with Crippen molar-refractivity contribution in [2.24, 2.45) is 11.8 Å². The number of allylic oxidation sites excluding steroid dienone is 1. The summed E-state index contributed by atoms with van der Waals surface area (Å²) in [5.41, 5.74) is 0. The topological polar surface area (TPSA) is 132 Å². The Labute approximate surface area is 90.6 Å². The van der Waals surface area contributed by atoms with E-state index in [2.05, 4.69) is 0 Å². The van der Waals surface area contributed by atoms with E-state index in [0.717, 1.165) is 6.08 Å². The number of carboxylic acids is 3. The molecule has 0 aliphatic rings. The highest BCUT2D eigenvalue weighted by atomic mass is 16.4. The maximum Gasteiger partial charge on any atom is 0.307 e. The molecule has 0 aromatic rings. The first-order valence-electron chi connectivity index (χ1n) is 4.36. The lowest BCUT2D eigenvalue weighted by Crippen LogP contribution is -2.31. The second-order valence-electron chi connectivity index (χ2n) is 3.11. The fourth-order valence-corrected chi connectivity index (χ4v) is 1.23. The van der Waals surface area contributed by atoms with Crippen LogP contribution in [-0.4, -0.2) is 38.3 Å². The van der Waals surface area contributed by atoms with Crippen molar-refractivity contribution in [1.82, 2.24) is 0 Å². The molecule has 0 fully saturated rings. The van der Waals surface area contributed by atoms with Crippen LogP contribution in [0.5, 0.6) is 0 Å². The first-order valence-corrected chi connectivity index (χ1v) is 4.36. The monoisotopic (exact) mass is 232 g/mol. The third-order valence-corrected chi connectivity index (χ3v) is 2.01. The summed E-state index contributed by atoms with van der Waals surface area (Å²) in [6.45, 7) is 0. The fraction of sp³-hybridized carbons (Fsp3) is 0.444. The number of hydrogen-bond acceptors (Lipinski definition) is 4. The first-order chi connectivity index (χ1) is 7.40. The number of rotatable bonds is 7. The molecule has 2 atom stereocenters. The lowest BCUT2D eigenvalue weighted by molar-refractivity contribution is -0.157. The summed E-state index contributed by atoms with van der Waals surface area (Å²) in [7, 11) is 0. The number of hydrogen-bond donors (Lipinski definition) is 4. The summed E-state index contributed by atoms with van der Waals surface area (Å²) in [6, 6.07) is 0. The van der Waals surface area contributed by atoms with E-state index in [9.17, 15) is 14.4 Å². The Morgan fingerprint density at radius 2 is 1.50 bits per heavy atom. The van der Waals surface area contributed by atoms with E-state index in [-0.39, 0.29) is 6.42 Å². The third-order valence-electron chi connectivity index (χ3n) is 2.01. The number of aliphatic hydroxyl groups excluding tert-OH is 1. The van der Waals surface area contributed by atoms with Crippen LogP contribution in [0.4, 0.5) is 0 Å². The van der Waals surface area contributed by atoms with Gasteiger partial charge < -0.3 is 20.4 Å². The summed E-state index contributed by atoms with van der Waals surface area (Å²) in [6.07, 6.45) is 0.647. The van der Waals surface area contributed by atoms with Gasteiger partial charge in [0.15, 0.2) is 0 Å². The van der Waals surface area contributed by atoms with Gasteiger partial charge >= 0.3 is 17.9 Å². The maximum atomic E-state index is 10.8. The SMILES string of the molecule is O=C(O)CC(C(=O)O)C(CC=CO)C(=O)O. The van der Waals surface area contributed by atoms with Crippen LogP contribution in [0.3, 0.4) is 0 Å². The Kier molecular flexibility index (Phi) is 5.61.